The van der Waals surface area contributed by atoms with Gasteiger partial charge in [-0.1, -0.05) is 85.1 Å². The van der Waals surface area contributed by atoms with E-state index in [4.69, 9.17) is 0 Å². The maximum absolute atomic E-state index is 14.6. The first-order valence-corrected chi connectivity index (χ1v) is 15.8. The lowest BCUT2D eigenvalue weighted by atomic mass is 9.83. The molecule has 3 aromatic rings. The van der Waals surface area contributed by atoms with Crippen LogP contribution in [0.4, 0.5) is 10.5 Å². The molecule has 45 heavy (non-hydrogen) atoms. The Hall–Kier alpha value is -4.66. The molecular formula is C36H42N4O5. The predicted octanol–water partition coefficient (Wildman–Crippen LogP) is 6.00. The molecular weight excluding hydrogens is 568 g/mol. The molecule has 0 radical (unpaired) electrons. The number of aryl methyl sites for hydroxylation is 2. The van der Waals surface area contributed by atoms with E-state index >= 15 is 0 Å². The van der Waals surface area contributed by atoms with Gasteiger partial charge in [-0.05, 0) is 67.9 Å². The van der Waals surface area contributed by atoms with Crippen LogP contribution in [0.15, 0.2) is 78.9 Å². The fourth-order valence-electron chi connectivity index (χ4n) is 6.77. The minimum Gasteiger partial charge on any atom is -0.481 e. The van der Waals surface area contributed by atoms with Gasteiger partial charge in [0, 0.05) is 18.8 Å². The number of anilines is 1. The van der Waals surface area contributed by atoms with Gasteiger partial charge in [-0.3, -0.25) is 19.3 Å². The highest BCUT2D eigenvalue weighted by atomic mass is 16.4. The second-order valence-corrected chi connectivity index (χ2v) is 12.3. The summed E-state index contributed by atoms with van der Waals surface area (Å²) in [6.07, 6.45) is 2.82. The zero-order valence-electron chi connectivity index (χ0n) is 25.9. The first-order chi connectivity index (χ1) is 21.7. The fraction of sp³-hybridized carbons (Fsp3) is 0.389. The van der Waals surface area contributed by atoms with E-state index in [1.54, 1.807) is 17.0 Å². The number of hydrogen-bond acceptors (Lipinski definition) is 4. The lowest BCUT2D eigenvalue weighted by Crippen LogP contribution is -2.65. The van der Waals surface area contributed by atoms with Crippen LogP contribution in [-0.2, 0) is 14.4 Å². The van der Waals surface area contributed by atoms with Gasteiger partial charge >= 0.3 is 12.0 Å². The van der Waals surface area contributed by atoms with Crippen LogP contribution in [0.5, 0.6) is 0 Å². The van der Waals surface area contributed by atoms with E-state index in [1.807, 2.05) is 80.6 Å². The van der Waals surface area contributed by atoms with Crippen molar-refractivity contribution >= 4 is 29.5 Å². The van der Waals surface area contributed by atoms with Gasteiger partial charge in [0.05, 0.1) is 18.4 Å². The first-order valence-electron chi connectivity index (χ1n) is 15.8. The third-order valence-corrected chi connectivity index (χ3v) is 8.87. The van der Waals surface area contributed by atoms with Crippen LogP contribution in [0.3, 0.4) is 0 Å². The van der Waals surface area contributed by atoms with Crippen molar-refractivity contribution in [2.45, 2.75) is 70.5 Å². The smallest absolute Gasteiger partial charge is 0.323 e. The molecule has 1 aliphatic heterocycles. The molecule has 1 heterocycles. The Labute approximate surface area is 264 Å². The van der Waals surface area contributed by atoms with Crippen LogP contribution in [0.2, 0.25) is 0 Å². The highest BCUT2D eigenvalue weighted by Gasteiger charge is 2.45. The van der Waals surface area contributed by atoms with E-state index in [-0.39, 0.29) is 24.8 Å². The SMILES string of the molecule is Cc1cccc(NC(=O)N2CCCN(C(=O)C(c3ccccc3)C3CCCC3)C2C(=O)NC(CC(=O)O)c2cccc(C)c2)c1. The quantitative estimate of drug-likeness (QED) is 0.275. The molecule has 9 nitrogen and oxygen atoms in total. The number of carbonyl (C=O) groups excluding carboxylic acids is 3. The Morgan fingerprint density at radius 3 is 2.11 bits per heavy atom. The van der Waals surface area contributed by atoms with Gasteiger partial charge in [0.1, 0.15) is 0 Å². The van der Waals surface area contributed by atoms with Gasteiger partial charge in [-0.2, -0.15) is 0 Å². The Balaban J connectivity index is 1.51. The lowest BCUT2D eigenvalue weighted by molar-refractivity contribution is -0.151. The third-order valence-electron chi connectivity index (χ3n) is 8.87. The number of nitrogens with zero attached hydrogens (tertiary/aromatic N) is 2. The molecule has 9 heteroatoms. The van der Waals surface area contributed by atoms with E-state index < -0.39 is 36.0 Å². The molecule has 3 unspecified atom stereocenters. The van der Waals surface area contributed by atoms with Crippen LogP contribution >= 0.6 is 0 Å². The Morgan fingerprint density at radius 1 is 0.800 bits per heavy atom. The summed E-state index contributed by atoms with van der Waals surface area (Å²) >= 11 is 0. The molecule has 2 aliphatic rings. The van der Waals surface area contributed by atoms with E-state index in [0.717, 1.165) is 42.4 Å². The molecule has 3 atom stereocenters. The maximum atomic E-state index is 14.6. The van der Waals surface area contributed by atoms with E-state index in [1.165, 1.54) is 4.90 Å². The summed E-state index contributed by atoms with van der Waals surface area (Å²) in [6.45, 7) is 4.38. The van der Waals surface area contributed by atoms with Gasteiger partial charge in [0.2, 0.25) is 5.91 Å². The van der Waals surface area contributed by atoms with Crippen molar-refractivity contribution < 1.29 is 24.3 Å². The topological polar surface area (TPSA) is 119 Å². The first kappa shape index (κ1) is 31.8. The van der Waals surface area contributed by atoms with Crippen molar-refractivity contribution in [2.75, 3.05) is 18.4 Å². The van der Waals surface area contributed by atoms with Crippen LogP contribution in [0.1, 0.15) is 72.7 Å². The molecule has 236 valence electrons. The lowest BCUT2D eigenvalue weighted by Gasteiger charge is -2.44. The normalized spacial score (nSPS) is 18.2. The average molecular weight is 611 g/mol. The number of amides is 4. The highest BCUT2D eigenvalue weighted by Crippen LogP contribution is 2.39. The number of aliphatic carboxylic acids is 1. The standard InChI is InChI=1S/C36H42N4O5/c1-24-11-8-17-28(21-24)30(23-31(41)42)38-33(43)34-39(19-10-20-40(34)36(45)37-29-18-9-12-25(2)22-29)35(44)32(27-15-6-7-16-27)26-13-4-3-5-14-26/h3-5,8-9,11-14,17-18,21-22,27,30,32,34H,6-7,10,15-16,19-20,23H2,1-2H3,(H,37,45)(H,38,43)(H,41,42). The molecule has 3 aromatic carbocycles. The summed E-state index contributed by atoms with van der Waals surface area (Å²) in [5.41, 5.74) is 4.02. The number of carboxylic acids is 1. The van der Waals surface area contributed by atoms with Crippen molar-refractivity contribution in [3.63, 3.8) is 0 Å². The molecule has 0 aromatic heterocycles. The van der Waals surface area contributed by atoms with Crippen molar-refractivity contribution in [2.24, 2.45) is 5.92 Å². The Morgan fingerprint density at radius 2 is 1.44 bits per heavy atom. The summed E-state index contributed by atoms with van der Waals surface area (Å²) < 4.78 is 0. The molecule has 4 amide bonds. The fourth-order valence-corrected chi connectivity index (χ4v) is 6.77. The van der Waals surface area contributed by atoms with E-state index in [2.05, 4.69) is 10.6 Å². The summed E-state index contributed by atoms with van der Waals surface area (Å²) in [5, 5.41) is 15.6. The van der Waals surface area contributed by atoms with Gasteiger partial charge in [0.25, 0.3) is 5.91 Å². The molecule has 1 saturated heterocycles. The summed E-state index contributed by atoms with van der Waals surface area (Å²) in [5.74, 6) is -2.17. The number of benzene rings is 3. The second kappa shape index (κ2) is 14.4. The molecule has 5 rings (SSSR count). The largest absolute Gasteiger partial charge is 0.481 e. The number of carboxylic acid groups (broad SMARTS) is 1. The van der Waals surface area contributed by atoms with Gasteiger partial charge < -0.3 is 20.6 Å². The monoisotopic (exact) mass is 610 g/mol. The molecule has 0 bridgehead atoms. The van der Waals surface area contributed by atoms with Crippen LogP contribution in [-0.4, -0.2) is 58.0 Å². The Bertz CT molecular complexity index is 1520. The number of rotatable bonds is 9. The van der Waals surface area contributed by atoms with Crippen molar-refractivity contribution in [1.82, 2.24) is 15.1 Å². The highest BCUT2D eigenvalue weighted by molar-refractivity contribution is 5.97. The van der Waals surface area contributed by atoms with Crippen molar-refractivity contribution in [1.29, 1.82) is 0 Å². The van der Waals surface area contributed by atoms with E-state index in [9.17, 15) is 24.3 Å². The zero-order chi connectivity index (χ0) is 31.9. The molecule has 1 saturated carbocycles. The minimum absolute atomic E-state index is 0.132. The summed E-state index contributed by atoms with van der Waals surface area (Å²) in [7, 11) is 0. The third kappa shape index (κ3) is 7.71. The number of urea groups is 1. The number of nitrogens with one attached hydrogen (secondary N) is 2. The van der Waals surface area contributed by atoms with Crippen molar-refractivity contribution in [3.05, 3.63) is 101 Å². The van der Waals surface area contributed by atoms with Crippen molar-refractivity contribution in [3.8, 4) is 0 Å². The summed E-state index contributed by atoms with van der Waals surface area (Å²) in [6, 6.07) is 23.0. The maximum Gasteiger partial charge on any atom is 0.323 e. The number of hydrogen-bond donors (Lipinski definition) is 3. The zero-order valence-corrected chi connectivity index (χ0v) is 25.9. The predicted molar refractivity (Wildman–Crippen MR) is 172 cm³/mol. The van der Waals surface area contributed by atoms with Gasteiger partial charge in [0.15, 0.2) is 6.17 Å². The minimum atomic E-state index is -1.26. The molecule has 3 N–H and O–H groups in total. The average Bonchev–Trinajstić information content (AvgIpc) is 3.55. The van der Waals surface area contributed by atoms with Gasteiger partial charge in [-0.25, -0.2) is 4.79 Å². The second-order valence-electron chi connectivity index (χ2n) is 12.3. The number of carbonyl (C=O) groups is 4. The van der Waals surface area contributed by atoms with E-state index in [0.29, 0.717) is 24.2 Å². The van der Waals surface area contributed by atoms with Crippen LogP contribution in [0.25, 0.3) is 0 Å². The Kier molecular flexibility index (Phi) is 10.2. The summed E-state index contributed by atoms with van der Waals surface area (Å²) in [4.78, 5) is 57.7. The van der Waals surface area contributed by atoms with Crippen LogP contribution < -0.4 is 10.6 Å². The molecule has 2 fully saturated rings. The molecule has 1 aliphatic carbocycles. The van der Waals surface area contributed by atoms with Crippen LogP contribution in [0, 0.1) is 19.8 Å². The molecule has 0 spiro atoms. The van der Waals surface area contributed by atoms with Gasteiger partial charge in [-0.15, -0.1) is 0 Å².